The minimum Gasteiger partial charge on any atom is -0.484 e. The van der Waals surface area contributed by atoms with Gasteiger partial charge in [-0.25, -0.2) is 8.42 Å². The van der Waals surface area contributed by atoms with E-state index in [4.69, 9.17) is 16.3 Å². The molecule has 0 aliphatic carbocycles. The molecular weight excluding hydrogens is 446 g/mol. The van der Waals surface area contributed by atoms with Crippen LogP contribution in [0.4, 0.5) is 5.69 Å². The van der Waals surface area contributed by atoms with Crippen LogP contribution in [0.1, 0.15) is 30.0 Å². The molecule has 7 heteroatoms. The van der Waals surface area contributed by atoms with Crippen molar-refractivity contribution in [3.8, 4) is 5.75 Å². The second-order valence-electron chi connectivity index (χ2n) is 7.59. The summed E-state index contributed by atoms with van der Waals surface area (Å²) in [5.74, 6) is -0.186. The summed E-state index contributed by atoms with van der Waals surface area (Å²) >= 11 is 5.92. The van der Waals surface area contributed by atoms with Crippen molar-refractivity contribution in [1.29, 1.82) is 0 Å². The summed E-state index contributed by atoms with van der Waals surface area (Å²) < 4.78 is 33.4. The maximum absolute atomic E-state index is 13.5. The van der Waals surface area contributed by atoms with Gasteiger partial charge in [-0.2, -0.15) is 4.31 Å². The van der Waals surface area contributed by atoms with E-state index in [1.165, 1.54) is 29.8 Å². The van der Waals surface area contributed by atoms with Gasteiger partial charge in [0.1, 0.15) is 5.75 Å². The maximum atomic E-state index is 13.5. The third-order valence-electron chi connectivity index (χ3n) is 4.99. The standard InChI is InChI=1S/C25H26ClNO4S/c1-4-5-20-8-12-22(13-9-20)31-17-25(28)27(24-16-18(2)6-7-19(24)3)32(29,30)23-14-10-21(26)11-15-23/h6-16H,4-5,17H2,1-3H3. The van der Waals surface area contributed by atoms with E-state index in [1.807, 2.05) is 25.1 Å². The summed E-state index contributed by atoms with van der Waals surface area (Å²) in [5.41, 5.74) is 2.97. The van der Waals surface area contributed by atoms with Crippen LogP contribution < -0.4 is 9.04 Å². The fourth-order valence-electron chi connectivity index (χ4n) is 3.29. The Bertz CT molecular complexity index is 1190. The highest BCUT2D eigenvalue weighted by Gasteiger charge is 2.32. The fraction of sp³-hybridized carbons (Fsp3) is 0.240. The summed E-state index contributed by atoms with van der Waals surface area (Å²) in [4.78, 5) is 13.2. The number of amides is 1. The van der Waals surface area contributed by atoms with Gasteiger partial charge in [-0.3, -0.25) is 4.79 Å². The zero-order valence-corrected chi connectivity index (χ0v) is 19.9. The average Bonchev–Trinajstić information content (AvgIpc) is 2.76. The van der Waals surface area contributed by atoms with E-state index in [0.29, 0.717) is 22.0 Å². The molecule has 0 aromatic heterocycles. The molecule has 3 aromatic rings. The van der Waals surface area contributed by atoms with Gasteiger partial charge in [0.2, 0.25) is 0 Å². The molecule has 0 bridgehead atoms. The summed E-state index contributed by atoms with van der Waals surface area (Å²) in [7, 11) is -4.18. The van der Waals surface area contributed by atoms with E-state index in [2.05, 4.69) is 6.92 Å². The Balaban J connectivity index is 1.94. The van der Waals surface area contributed by atoms with Gasteiger partial charge in [0.15, 0.2) is 6.61 Å². The molecule has 0 fully saturated rings. The van der Waals surface area contributed by atoms with Crippen molar-refractivity contribution in [2.45, 2.75) is 38.5 Å². The average molecular weight is 472 g/mol. The number of benzene rings is 3. The van der Waals surface area contributed by atoms with Crippen LogP contribution in [0.15, 0.2) is 71.6 Å². The number of carbonyl (C=O) groups excluding carboxylic acids is 1. The topological polar surface area (TPSA) is 63.7 Å². The molecule has 5 nitrogen and oxygen atoms in total. The SMILES string of the molecule is CCCc1ccc(OCC(=O)N(c2cc(C)ccc2C)S(=O)(=O)c2ccc(Cl)cc2)cc1. The number of anilines is 1. The van der Waals surface area contributed by atoms with Gasteiger partial charge in [0.25, 0.3) is 15.9 Å². The second kappa shape index (κ2) is 10.2. The Hall–Kier alpha value is -2.83. The van der Waals surface area contributed by atoms with Crippen molar-refractivity contribution in [3.63, 3.8) is 0 Å². The molecule has 0 saturated heterocycles. The highest BCUT2D eigenvalue weighted by atomic mass is 35.5. The molecular formula is C25H26ClNO4S. The molecule has 3 aromatic carbocycles. The van der Waals surface area contributed by atoms with E-state index in [9.17, 15) is 13.2 Å². The van der Waals surface area contributed by atoms with Gasteiger partial charge < -0.3 is 4.74 Å². The number of ether oxygens (including phenoxy) is 1. The van der Waals surface area contributed by atoms with Gasteiger partial charge >= 0.3 is 0 Å². The quantitative estimate of drug-likeness (QED) is 0.422. The van der Waals surface area contributed by atoms with Crippen molar-refractivity contribution < 1.29 is 17.9 Å². The number of hydrogen-bond donors (Lipinski definition) is 0. The van der Waals surface area contributed by atoms with Crippen molar-refractivity contribution in [2.75, 3.05) is 10.9 Å². The van der Waals surface area contributed by atoms with Gasteiger partial charge in [-0.15, -0.1) is 0 Å². The van der Waals surface area contributed by atoms with Crippen LogP contribution >= 0.6 is 11.6 Å². The highest BCUT2D eigenvalue weighted by molar-refractivity contribution is 7.93. The van der Waals surface area contributed by atoms with Crippen molar-refractivity contribution in [1.82, 2.24) is 0 Å². The van der Waals surface area contributed by atoms with Crippen LogP contribution in [0.3, 0.4) is 0 Å². The first-order valence-corrected chi connectivity index (χ1v) is 12.2. The number of carbonyl (C=O) groups is 1. The Labute approximate surface area is 194 Å². The van der Waals surface area contributed by atoms with Crippen molar-refractivity contribution in [2.24, 2.45) is 0 Å². The Morgan fingerprint density at radius 3 is 2.25 bits per heavy atom. The normalized spacial score (nSPS) is 11.2. The lowest BCUT2D eigenvalue weighted by atomic mass is 10.1. The second-order valence-corrected chi connectivity index (χ2v) is 9.81. The molecule has 0 N–H and O–H groups in total. The zero-order valence-electron chi connectivity index (χ0n) is 18.3. The molecule has 0 saturated carbocycles. The molecule has 32 heavy (non-hydrogen) atoms. The largest absolute Gasteiger partial charge is 0.484 e. The molecule has 0 radical (unpaired) electrons. The van der Waals surface area contributed by atoms with Gasteiger partial charge in [0.05, 0.1) is 10.6 Å². The number of sulfonamides is 1. The molecule has 0 spiro atoms. The number of nitrogens with zero attached hydrogens (tertiary/aromatic N) is 1. The Morgan fingerprint density at radius 1 is 0.969 bits per heavy atom. The molecule has 0 heterocycles. The van der Waals surface area contributed by atoms with Crippen LogP contribution in [-0.4, -0.2) is 20.9 Å². The Kier molecular flexibility index (Phi) is 7.59. The lowest BCUT2D eigenvalue weighted by molar-refractivity contribution is -0.119. The summed E-state index contributed by atoms with van der Waals surface area (Å²) in [6.07, 6.45) is 1.99. The predicted molar refractivity (Wildman–Crippen MR) is 128 cm³/mol. The molecule has 168 valence electrons. The summed E-state index contributed by atoms with van der Waals surface area (Å²) in [6.45, 7) is 5.29. The van der Waals surface area contributed by atoms with E-state index < -0.39 is 22.5 Å². The minimum absolute atomic E-state index is 0.0277. The number of halogens is 1. The van der Waals surface area contributed by atoms with E-state index in [1.54, 1.807) is 31.2 Å². The molecule has 0 unspecified atom stereocenters. The summed E-state index contributed by atoms with van der Waals surface area (Å²) in [5, 5.41) is 0.406. The minimum atomic E-state index is -4.18. The Morgan fingerprint density at radius 2 is 1.62 bits per heavy atom. The van der Waals surface area contributed by atoms with E-state index in [-0.39, 0.29) is 4.90 Å². The highest BCUT2D eigenvalue weighted by Crippen LogP contribution is 2.29. The molecule has 0 aliphatic rings. The predicted octanol–water partition coefficient (Wildman–Crippen LogP) is 5.71. The number of hydrogen-bond acceptors (Lipinski definition) is 4. The van der Waals surface area contributed by atoms with Crippen LogP contribution in [0, 0.1) is 13.8 Å². The molecule has 3 rings (SSSR count). The first-order valence-electron chi connectivity index (χ1n) is 10.3. The smallest absolute Gasteiger partial charge is 0.278 e. The first-order chi connectivity index (χ1) is 15.2. The van der Waals surface area contributed by atoms with E-state index >= 15 is 0 Å². The third-order valence-corrected chi connectivity index (χ3v) is 6.99. The number of rotatable bonds is 8. The maximum Gasteiger partial charge on any atom is 0.278 e. The van der Waals surface area contributed by atoms with Crippen LogP contribution in [-0.2, 0) is 21.2 Å². The van der Waals surface area contributed by atoms with Gasteiger partial charge in [0, 0.05) is 5.02 Å². The van der Waals surface area contributed by atoms with Crippen LogP contribution in [0.2, 0.25) is 5.02 Å². The monoisotopic (exact) mass is 471 g/mol. The van der Waals surface area contributed by atoms with Crippen LogP contribution in [0.5, 0.6) is 5.75 Å². The van der Waals surface area contributed by atoms with Crippen molar-refractivity contribution >= 4 is 33.2 Å². The zero-order chi connectivity index (χ0) is 23.3. The molecule has 1 amide bonds. The molecule has 0 atom stereocenters. The fourth-order valence-corrected chi connectivity index (χ4v) is 4.89. The number of aryl methyl sites for hydroxylation is 3. The van der Waals surface area contributed by atoms with Crippen LogP contribution in [0.25, 0.3) is 0 Å². The molecule has 0 aliphatic heterocycles. The van der Waals surface area contributed by atoms with Crippen molar-refractivity contribution in [3.05, 3.63) is 88.4 Å². The summed E-state index contributed by atoms with van der Waals surface area (Å²) in [6, 6.07) is 18.5. The first kappa shape index (κ1) is 23.8. The van der Waals surface area contributed by atoms with E-state index in [0.717, 1.165) is 22.7 Å². The third kappa shape index (κ3) is 5.50. The van der Waals surface area contributed by atoms with Gasteiger partial charge in [-0.1, -0.05) is 49.2 Å². The lowest BCUT2D eigenvalue weighted by Gasteiger charge is -2.24. The van der Waals surface area contributed by atoms with Gasteiger partial charge in [-0.05, 0) is 79.4 Å². The lowest BCUT2D eigenvalue weighted by Crippen LogP contribution is -2.40.